The zero-order valence-electron chi connectivity index (χ0n) is 11.7. The van der Waals surface area contributed by atoms with Crippen LogP contribution in [0.5, 0.6) is 0 Å². The van der Waals surface area contributed by atoms with Gasteiger partial charge in [-0.25, -0.2) is 18.7 Å². The van der Waals surface area contributed by atoms with Crippen molar-refractivity contribution in [1.82, 2.24) is 9.97 Å². The van der Waals surface area contributed by atoms with Crippen LogP contribution in [-0.2, 0) is 6.42 Å². The second kappa shape index (κ2) is 6.80. The third-order valence-electron chi connectivity index (χ3n) is 2.72. The van der Waals surface area contributed by atoms with Crippen LogP contribution in [0.2, 0.25) is 0 Å². The van der Waals surface area contributed by atoms with Crippen molar-refractivity contribution in [2.24, 2.45) is 0 Å². The zero-order valence-corrected chi connectivity index (χ0v) is 13.3. The Morgan fingerprint density at radius 2 is 1.76 bits per heavy atom. The van der Waals surface area contributed by atoms with Crippen LogP contribution in [0.3, 0.4) is 0 Å². The highest BCUT2D eigenvalue weighted by Crippen LogP contribution is 2.26. The summed E-state index contributed by atoms with van der Waals surface area (Å²) in [6.45, 7) is 4.58. The maximum Gasteiger partial charge on any atom is 0.148 e. The average molecular weight is 357 g/mol. The van der Waals surface area contributed by atoms with E-state index in [0.29, 0.717) is 30.4 Å². The lowest BCUT2D eigenvalue weighted by Gasteiger charge is -2.11. The first-order valence-corrected chi connectivity index (χ1v) is 7.36. The largest absolute Gasteiger partial charge is 0.370 e. The number of anilines is 3. The minimum Gasteiger partial charge on any atom is -0.370 e. The first kappa shape index (κ1) is 15.6. The van der Waals surface area contributed by atoms with E-state index in [4.69, 9.17) is 0 Å². The number of nitrogens with one attached hydrogen (secondary N) is 2. The van der Waals surface area contributed by atoms with Gasteiger partial charge in [-0.05, 0) is 28.9 Å². The molecule has 2 rings (SSSR count). The summed E-state index contributed by atoms with van der Waals surface area (Å²) in [5.41, 5.74) is 0.0268. The van der Waals surface area contributed by atoms with Gasteiger partial charge in [0.1, 0.15) is 29.1 Å². The molecular weight excluding hydrogens is 342 g/mol. The third-order valence-corrected chi connectivity index (χ3v) is 3.33. The van der Waals surface area contributed by atoms with E-state index in [1.54, 1.807) is 6.07 Å². The van der Waals surface area contributed by atoms with Gasteiger partial charge in [0.05, 0.1) is 10.2 Å². The predicted molar refractivity (Wildman–Crippen MR) is 82.9 cm³/mol. The molecule has 4 nitrogen and oxygen atoms in total. The number of hydrogen-bond acceptors (Lipinski definition) is 4. The van der Waals surface area contributed by atoms with E-state index in [1.165, 1.54) is 0 Å². The summed E-state index contributed by atoms with van der Waals surface area (Å²) in [5, 5.41) is 5.86. The lowest BCUT2D eigenvalue weighted by atomic mass is 10.3. The molecule has 1 aromatic heterocycles. The summed E-state index contributed by atoms with van der Waals surface area (Å²) in [4.78, 5) is 8.56. The average Bonchev–Trinajstić information content (AvgIpc) is 2.45. The van der Waals surface area contributed by atoms with Gasteiger partial charge in [0.2, 0.25) is 0 Å². The smallest absolute Gasteiger partial charge is 0.148 e. The Kier molecular flexibility index (Phi) is 5.06. The van der Waals surface area contributed by atoms with E-state index >= 15 is 0 Å². The summed E-state index contributed by atoms with van der Waals surface area (Å²) in [6, 6.07) is 3.81. The lowest BCUT2D eigenvalue weighted by molar-refractivity contribution is 0.597. The number of benzene rings is 1. The summed E-state index contributed by atoms with van der Waals surface area (Å²) < 4.78 is 27.4. The molecule has 1 aromatic carbocycles. The van der Waals surface area contributed by atoms with Crippen LogP contribution in [0, 0.1) is 11.6 Å². The van der Waals surface area contributed by atoms with Crippen LogP contribution in [-0.4, -0.2) is 16.5 Å². The van der Waals surface area contributed by atoms with Gasteiger partial charge < -0.3 is 10.6 Å². The number of nitrogens with zero attached hydrogens (tertiary/aromatic N) is 2. The van der Waals surface area contributed by atoms with Crippen LogP contribution in [0.1, 0.15) is 19.7 Å². The summed E-state index contributed by atoms with van der Waals surface area (Å²) in [5.74, 6) is 0.567. The number of hydrogen-bond donors (Lipinski definition) is 2. The molecule has 1 heterocycles. The molecule has 7 heteroatoms. The van der Waals surface area contributed by atoms with E-state index in [1.807, 2.05) is 13.8 Å². The second-order valence-electron chi connectivity index (χ2n) is 4.31. The molecule has 0 bridgehead atoms. The van der Waals surface area contributed by atoms with Crippen molar-refractivity contribution in [3.05, 3.63) is 40.1 Å². The van der Waals surface area contributed by atoms with Gasteiger partial charge in [-0.1, -0.05) is 6.92 Å². The van der Waals surface area contributed by atoms with Crippen molar-refractivity contribution in [3.8, 4) is 0 Å². The van der Waals surface area contributed by atoms with Crippen molar-refractivity contribution in [1.29, 1.82) is 0 Å². The zero-order chi connectivity index (χ0) is 15.4. The van der Waals surface area contributed by atoms with E-state index in [9.17, 15) is 8.78 Å². The molecule has 0 fully saturated rings. The molecule has 112 valence electrons. The summed E-state index contributed by atoms with van der Waals surface area (Å²) >= 11 is 2.94. The molecule has 0 aliphatic heterocycles. The molecule has 2 N–H and O–H groups in total. The fraction of sp³-hybridized carbons (Fsp3) is 0.286. The Balaban J connectivity index is 2.34. The number of aromatic nitrogens is 2. The van der Waals surface area contributed by atoms with Crippen LogP contribution < -0.4 is 10.6 Å². The number of rotatable bonds is 5. The van der Waals surface area contributed by atoms with Gasteiger partial charge in [-0.2, -0.15) is 0 Å². The van der Waals surface area contributed by atoms with Gasteiger partial charge in [-0.15, -0.1) is 0 Å². The molecule has 0 aliphatic carbocycles. The maximum atomic E-state index is 13.8. The monoisotopic (exact) mass is 356 g/mol. The standard InChI is InChI=1S/C14H15BrF2N4/c1-3-12-20-13(18-4-2)7-14(21-12)19-11-6-9(16)8(15)5-10(11)17/h5-7H,3-4H2,1-2H3,(H2,18,19,20,21). The third kappa shape index (κ3) is 3.87. The molecule has 0 spiro atoms. The molecule has 0 saturated carbocycles. The molecule has 0 radical (unpaired) electrons. The fourth-order valence-electron chi connectivity index (χ4n) is 1.75. The SMILES string of the molecule is CCNc1cc(Nc2cc(F)c(Br)cc2F)nc(CC)n1. The second-order valence-corrected chi connectivity index (χ2v) is 5.16. The molecule has 0 atom stereocenters. The van der Waals surface area contributed by atoms with Crippen molar-refractivity contribution in [2.75, 3.05) is 17.2 Å². The van der Waals surface area contributed by atoms with Crippen LogP contribution in [0.25, 0.3) is 0 Å². The van der Waals surface area contributed by atoms with Crippen molar-refractivity contribution >= 4 is 33.3 Å². The first-order valence-electron chi connectivity index (χ1n) is 6.56. The van der Waals surface area contributed by atoms with Gasteiger partial charge in [0.15, 0.2) is 0 Å². The van der Waals surface area contributed by atoms with Crippen molar-refractivity contribution in [2.45, 2.75) is 20.3 Å². The minimum atomic E-state index is -0.565. The van der Waals surface area contributed by atoms with Gasteiger partial charge >= 0.3 is 0 Å². The van der Waals surface area contributed by atoms with Gasteiger partial charge in [0, 0.05) is 25.1 Å². The topological polar surface area (TPSA) is 49.8 Å². The molecule has 2 aromatic rings. The Labute approximate surface area is 130 Å². The molecule has 0 saturated heterocycles. The minimum absolute atomic E-state index is 0.0268. The Morgan fingerprint density at radius 3 is 2.43 bits per heavy atom. The normalized spacial score (nSPS) is 10.5. The Morgan fingerprint density at radius 1 is 1.05 bits per heavy atom. The molecule has 0 unspecified atom stereocenters. The van der Waals surface area contributed by atoms with Gasteiger partial charge in [0.25, 0.3) is 0 Å². The summed E-state index contributed by atoms with van der Waals surface area (Å²) in [7, 11) is 0. The Bertz CT molecular complexity index is 649. The highest BCUT2D eigenvalue weighted by atomic mass is 79.9. The molecular formula is C14H15BrF2N4. The van der Waals surface area contributed by atoms with Crippen LogP contribution >= 0.6 is 15.9 Å². The quantitative estimate of drug-likeness (QED) is 0.786. The van der Waals surface area contributed by atoms with Crippen LogP contribution in [0.4, 0.5) is 26.1 Å². The lowest BCUT2D eigenvalue weighted by Crippen LogP contribution is -2.06. The predicted octanol–water partition coefficient (Wildman–Crippen LogP) is 4.26. The molecule has 0 amide bonds. The first-order chi connectivity index (χ1) is 10.0. The van der Waals surface area contributed by atoms with Gasteiger partial charge in [-0.3, -0.25) is 0 Å². The van der Waals surface area contributed by atoms with Crippen LogP contribution in [0.15, 0.2) is 22.7 Å². The summed E-state index contributed by atoms with van der Waals surface area (Å²) in [6.07, 6.45) is 0.644. The highest BCUT2D eigenvalue weighted by Gasteiger charge is 2.10. The van der Waals surface area contributed by atoms with Crippen molar-refractivity contribution < 1.29 is 8.78 Å². The molecule has 21 heavy (non-hydrogen) atoms. The highest BCUT2D eigenvalue weighted by molar-refractivity contribution is 9.10. The van der Waals surface area contributed by atoms with E-state index in [2.05, 4.69) is 36.5 Å². The molecule has 0 aliphatic rings. The van der Waals surface area contributed by atoms with E-state index in [0.717, 1.165) is 12.1 Å². The number of aryl methyl sites for hydroxylation is 1. The Hall–Kier alpha value is -1.76. The maximum absolute atomic E-state index is 13.8. The fourth-order valence-corrected chi connectivity index (χ4v) is 2.06. The van der Waals surface area contributed by atoms with E-state index < -0.39 is 11.6 Å². The van der Waals surface area contributed by atoms with Crippen molar-refractivity contribution in [3.63, 3.8) is 0 Å². The van der Waals surface area contributed by atoms with E-state index in [-0.39, 0.29) is 10.2 Å². The number of halogens is 3.